The second kappa shape index (κ2) is 9.26. The highest BCUT2D eigenvalue weighted by Gasteiger charge is 2.14. The summed E-state index contributed by atoms with van der Waals surface area (Å²) in [6.07, 6.45) is 0. The van der Waals surface area contributed by atoms with Gasteiger partial charge in [0.15, 0.2) is 6.61 Å². The molecule has 7 heteroatoms. The third-order valence-corrected chi connectivity index (χ3v) is 4.71. The van der Waals surface area contributed by atoms with Crippen LogP contribution >= 0.6 is 0 Å². The highest BCUT2D eigenvalue weighted by atomic mass is 16.5. The highest BCUT2D eigenvalue weighted by Crippen LogP contribution is 2.20. The van der Waals surface area contributed by atoms with E-state index in [1.165, 1.54) is 0 Å². The molecule has 0 radical (unpaired) electrons. The van der Waals surface area contributed by atoms with E-state index >= 15 is 0 Å². The Bertz CT molecular complexity index is 1030. The average Bonchev–Trinajstić information content (AvgIpc) is 3.05. The molecule has 1 N–H and O–H groups in total. The molecule has 0 bridgehead atoms. The van der Waals surface area contributed by atoms with E-state index in [1.54, 1.807) is 24.3 Å². The zero-order valence-electron chi connectivity index (χ0n) is 17.4. The number of carbonyl (C=O) groups excluding carboxylic acids is 2. The average molecular weight is 408 g/mol. The Kier molecular flexibility index (Phi) is 6.51. The predicted octanol–water partition coefficient (Wildman–Crippen LogP) is 4.28. The first kappa shape index (κ1) is 21.1. The molecule has 1 heterocycles. The molecule has 0 fully saturated rings. The first-order valence-corrected chi connectivity index (χ1v) is 9.53. The lowest BCUT2D eigenvalue weighted by Crippen LogP contribution is -2.21. The molecule has 0 spiro atoms. The van der Waals surface area contributed by atoms with Crippen molar-refractivity contribution >= 4 is 17.6 Å². The Morgan fingerprint density at radius 3 is 2.40 bits per heavy atom. The Balaban J connectivity index is 1.56. The molecule has 3 aromatic rings. The third kappa shape index (κ3) is 5.05. The fourth-order valence-corrected chi connectivity index (χ4v) is 2.98. The first-order chi connectivity index (χ1) is 14.3. The van der Waals surface area contributed by atoms with Gasteiger partial charge >= 0.3 is 5.97 Å². The largest absolute Gasteiger partial charge is 0.489 e. The zero-order chi connectivity index (χ0) is 21.7. The van der Waals surface area contributed by atoms with Gasteiger partial charge in [-0.15, -0.1) is 0 Å². The Hall–Kier alpha value is -3.61. The van der Waals surface area contributed by atoms with Gasteiger partial charge in [-0.2, -0.15) is 0 Å². The molecule has 1 aromatic heterocycles. The summed E-state index contributed by atoms with van der Waals surface area (Å²) in [5.41, 5.74) is 4.54. The van der Waals surface area contributed by atoms with Crippen molar-refractivity contribution in [3.63, 3.8) is 0 Å². The Morgan fingerprint density at radius 2 is 1.73 bits per heavy atom. The van der Waals surface area contributed by atoms with Gasteiger partial charge in [0.05, 0.1) is 16.8 Å². The van der Waals surface area contributed by atoms with Crippen LogP contribution in [0, 0.1) is 27.7 Å². The van der Waals surface area contributed by atoms with Crippen molar-refractivity contribution in [2.45, 2.75) is 34.3 Å². The lowest BCUT2D eigenvalue weighted by molar-refractivity contribution is -0.119. The molecule has 0 atom stereocenters. The van der Waals surface area contributed by atoms with Crippen molar-refractivity contribution in [1.82, 2.24) is 5.16 Å². The molecule has 0 aliphatic rings. The number of hydrogen-bond acceptors (Lipinski definition) is 6. The van der Waals surface area contributed by atoms with Gasteiger partial charge in [0.25, 0.3) is 5.91 Å². The number of anilines is 1. The number of carbonyl (C=O) groups is 2. The van der Waals surface area contributed by atoms with Gasteiger partial charge in [0, 0.05) is 5.69 Å². The van der Waals surface area contributed by atoms with E-state index in [1.807, 2.05) is 45.9 Å². The number of nitrogens with one attached hydrogen (secondary N) is 1. The van der Waals surface area contributed by atoms with Crippen molar-refractivity contribution in [2.24, 2.45) is 0 Å². The molecule has 0 saturated heterocycles. The first-order valence-electron chi connectivity index (χ1n) is 9.53. The van der Waals surface area contributed by atoms with Crippen LogP contribution in [0.5, 0.6) is 5.75 Å². The number of aromatic nitrogens is 1. The van der Waals surface area contributed by atoms with E-state index in [4.69, 9.17) is 14.0 Å². The lowest BCUT2D eigenvalue weighted by Gasteiger charge is -2.12. The number of esters is 1. The number of aryl methyl sites for hydroxylation is 4. The third-order valence-electron chi connectivity index (χ3n) is 4.71. The van der Waals surface area contributed by atoms with Crippen LogP contribution in [0.1, 0.15) is 38.5 Å². The molecule has 30 heavy (non-hydrogen) atoms. The maximum atomic E-state index is 12.3. The molecule has 2 aromatic carbocycles. The highest BCUT2D eigenvalue weighted by molar-refractivity contribution is 5.96. The van der Waals surface area contributed by atoms with Crippen molar-refractivity contribution in [1.29, 1.82) is 0 Å². The zero-order valence-corrected chi connectivity index (χ0v) is 17.4. The summed E-state index contributed by atoms with van der Waals surface area (Å²) in [6.45, 7) is 7.36. The molecule has 0 unspecified atom stereocenters. The SMILES string of the molecule is Cc1cccc(C)c1NC(=O)COC(=O)c1cccc(OCc2c(C)noc2C)c1. The summed E-state index contributed by atoms with van der Waals surface area (Å²) in [5, 5.41) is 6.68. The van der Waals surface area contributed by atoms with Crippen molar-refractivity contribution < 1.29 is 23.6 Å². The summed E-state index contributed by atoms with van der Waals surface area (Å²) in [4.78, 5) is 24.5. The van der Waals surface area contributed by atoms with Gasteiger partial charge in [-0.25, -0.2) is 4.79 Å². The van der Waals surface area contributed by atoms with E-state index in [9.17, 15) is 9.59 Å². The number of rotatable bonds is 7. The smallest absolute Gasteiger partial charge is 0.338 e. The van der Waals surface area contributed by atoms with Crippen molar-refractivity contribution in [3.05, 3.63) is 76.2 Å². The Morgan fingerprint density at radius 1 is 1.03 bits per heavy atom. The number of nitrogens with zero attached hydrogens (tertiary/aromatic N) is 1. The minimum atomic E-state index is -0.602. The van der Waals surface area contributed by atoms with Crippen LogP contribution in [0.3, 0.4) is 0 Å². The normalized spacial score (nSPS) is 10.5. The summed E-state index contributed by atoms with van der Waals surface area (Å²) in [7, 11) is 0. The number of hydrogen-bond donors (Lipinski definition) is 1. The van der Waals surface area contributed by atoms with Crippen LogP contribution in [0.15, 0.2) is 47.0 Å². The molecular weight excluding hydrogens is 384 g/mol. The summed E-state index contributed by atoms with van der Waals surface area (Å²) < 4.78 is 16.0. The second-order valence-corrected chi connectivity index (χ2v) is 7.01. The topological polar surface area (TPSA) is 90.7 Å². The monoisotopic (exact) mass is 408 g/mol. The molecule has 0 aliphatic carbocycles. The molecule has 1 amide bonds. The second-order valence-electron chi connectivity index (χ2n) is 7.01. The number of amides is 1. The van der Waals surface area contributed by atoms with E-state index in [-0.39, 0.29) is 13.2 Å². The minimum Gasteiger partial charge on any atom is -0.489 e. The predicted molar refractivity (Wildman–Crippen MR) is 112 cm³/mol. The number of para-hydroxylation sites is 1. The van der Waals surface area contributed by atoms with Crippen molar-refractivity contribution in [3.8, 4) is 5.75 Å². The van der Waals surface area contributed by atoms with Gasteiger partial charge in [-0.05, 0) is 57.0 Å². The van der Waals surface area contributed by atoms with Crippen molar-refractivity contribution in [2.75, 3.05) is 11.9 Å². The van der Waals surface area contributed by atoms with Gasteiger partial charge < -0.3 is 19.3 Å². The summed E-state index contributed by atoms with van der Waals surface area (Å²) >= 11 is 0. The van der Waals surface area contributed by atoms with Crippen LogP contribution in [-0.2, 0) is 16.1 Å². The standard InChI is InChI=1S/C23H24N2O5/c1-14-7-5-8-15(2)22(14)24-21(26)13-29-23(27)18-9-6-10-19(11-18)28-12-20-16(3)25-30-17(20)4/h5-11H,12-13H2,1-4H3,(H,24,26). The molecule has 0 aliphatic heterocycles. The summed E-state index contributed by atoms with van der Waals surface area (Å²) in [5.74, 6) is 0.198. The van der Waals surface area contributed by atoms with Crippen LogP contribution < -0.4 is 10.1 Å². The molecule has 7 nitrogen and oxygen atoms in total. The van der Waals surface area contributed by atoms with Gasteiger partial charge in [-0.1, -0.05) is 29.4 Å². The van der Waals surface area contributed by atoms with E-state index < -0.39 is 11.9 Å². The van der Waals surface area contributed by atoms with Crippen LogP contribution in [0.4, 0.5) is 5.69 Å². The van der Waals surface area contributed by atoms with E-state index in [2.05, 4.69) is 10.5 Å². The van der Waals surface area contributed by atoms with Gasteiger partial charge in [0.1, 0.15) is 18.1 Å². The minimum absolute atomic E-state index is 0.276. The fraction of sp³-hybridized carbons (Fsp3) is 0.261. The van der Waals surface area contributed by atoms with Crippen LogP contribution in [-0.4, -0.2) is 23.6 Å². The van der Waals surface area contributed by atoms with Crippen LogP contribution in [0.25, 0.3) is 0 Å². The number of benzene rings is 2. The van der Waals surface area contributed by atoms with E-state index in [0.29, 0.717) is 17.1 Å². The summed E-state index contributed by atoms with van der Waals surface area (Å²) in [6, 6.07) is 12.3. The maximum absolute atomic E-state index is 12.3. The molecule has 156 valence electrons. The molecule has 3 rings (SSSR count). The maximum Gasteiger partial charge on any atom is 0.338 e. The number of ether oxygens (including phenoxy) is 2. The molecular formula is C23H24N2O5. The van der Waals surface area contributed by atoms with Gasteiger partial charge in [0.2, 0.25) is 0 Å². The lowest BCUT2D eigenvalue weighted by atomic mass is 10.1. The molecule has 0 saturated carbocycles. The Labute approximate surface area is 175 Å². The fourth-order valence-electron chi connectivity index (χ4n) is 2.98. The van der Waals surface area contributed by atoms with Gasteiger partial charge in [-0.3, -0.25) is 4.79 Å². The van der Waals surface area contributed by atoms with Crippen LogP contribution in [0.2, 0.25) is 0 Å². The van der Waals surface area contributed by atoms with E-state index in [0.717, 1.165) is 28.1 Å². The quantitative estimate of drug-likeness (QED) is 0.587.